The second kappa shape index (κ2) is 37.7. The molecular weight excluding hydrogens is 813 g/mol. The molecule has 14 heteroatoms. The van der Waals surface area contributed by atoms with Gasteiger partial charge in [-0.05, 0) is 57.8 Å². The average molecular weight is 904 g/mol. The molecule has 0 bridgehead atoms. The molecule has 62 heavy (non-hydrogen) atoms. The molecule has 1 aliphatic carbocycles. The minimum Gasteiger partial charge on any atom is -0.393 e. The molecule has 0 aromatic heterocycles. The molecule has 13 nitrogen and oxygen atoms in total. The first kappa shape index (κ1) is 58.5. The lowest BCUT2D eigenvalue weighted by molar-refractivity contribution is -0.220. The quantitative estimate of drug-likeness (QED) is 0.0160. The van der Waals surface area contributed by atoms with Crippen LogP contribution in [0.4, 0.5) is 0 Å². The molecule has 9 N–H and O–H groups in total. The van der Waals surface area contributed by atoms with Crippen LogP contribution in [0.5, 0.6) is 0 Å². The van der Waals surface area contributed by atoms with Crippen LogP contribution in [0.25, 0.3) is 0 Å². The number of nitrogens with one attached hydrogen (secondary N) is 1. The van der Waals surface area contributed by atoms with Crippen LogP contribution in [0.2, 0.25) is 0 Å². The van der Waals surface area contributed by atoms with Gasteiger partial charge in [0, 0.05) is 0 Å². The summed E-state index contributed by atoms with van der Waals surface area (Å²) < 4.78 is 22.9. The summed E-state index contributed by atoms with van der Waals surface area (Å²) in [6.07, 6.45) is 29.5. The van der Waals surface area contributed by atoms with Crippen LogP contribution in [-0.2, 0) is 18.4 Å². The Morgan fingerprint density at radius 3 is 1.42 bits per heavy atom. The minimum absolute atomic E-state index is 0.258. The highest BCUT2D eigenvalue weighted by atomic mass is 31.2. The first-order valence-corrected chi connectivity index (χ1v) is 26.0. The molecule has 8 unspecified atom stereocenters. The predicted molar refractivity (Wildman–Crippen MR) is 247 cm³/mol. The summed E-state index contributed by atoms with van der Waals surface area (Å²) in [6.45, 7) is 3.72. The number of phosphoric acid groups is 1. The molecule has 1 amide bonds. The molecule has 1 saturated carbocycles. The Bertz CT molecular complexity index is 1200. The van der Waals surface area contributed by atoms with E-state index in [0.29, 0.717) is 12.8 Å². The molecule has 1 fully saturated rings. The number of hydrogen-bond donors (Lipinski definition) is 9. The van der Waals surface area contributed by atoms with E-state index < -0.39 is 75.2 Å². The Hall–Kier alpha value is -1.48. The van der Waals surface area contributed by atoms with Gasteiger partial charge in [0.15, 0.2) is 0 Å². The fourth-order valence-electron chi connectivity index (χ4n) is 7.66. The van der Waals surface area contributed by atoms with Crippen LogP contribution in [0, 0.1) is 0 Å². The Kier molecular flexibility index (Phi) is 35.6. The summed E-state index contributed by atoms with van der Waals surface area (Å²) >= 11 is 0. The molecule has 0 aromatic rings. The van der Waals surface area contributed by atoms with E-state index in [1.54, 1.807) is 6.08 Å². The highest BCUT2D eigenvalue weighted by molar-refractivity contribution is 7.47. The number of phosphoric ester groups is 1. The molecule has 364 valence electrons. The number of allylic oxidation sites excluding steroid dienone is 5. The molecule has 1 rings (SSSR count). The lowest BCUT2D eigenvalue weighted by Crippen LogP contribution is -2.64. The van der Waals surface area contributed by atoms with Crippen LogP contribution in [0.15, 0.2) is 36.5 Å². The lowest BCUT2D eigenvalue weighted by atomic mass is 9.85. The van der Waals surface area contributed by atoms with E-state index in [1.165, 1.54) is 109 Å². The van der Waals surface area contributed by atoms with Crippen LogP contribution < -0.4 is 5.32 Å². The van der Waals surface area contributed by atoms with E-state index in [1.807, 2.05) is 0 Å². The number of amides is 1. The maximum absolute atomic E-state index is 13.0. The normalized spacial score (nSPS) is 23.3. The van der Waals surface area contributed by atoms with Gasteiger partial charge in [-0.1, -0.05) is 172 Å². The van der Waals surface area contributed by atoms with Gasteiger partial charge in [0.1, 0.15) is 36.6 Å². The van der Waals surface area contributed by atoms with Gasteiger partial charge in [-0.25, -0.2) is 4.57 Å². The number of rotatable bonds is 40. The highest BCUT2D eigenvalue weighted by Gasteiger charge is 2.51. The van der Waals surface area contributed by atoms with E-state index in [4.69, 9.17) is 9.05 Å². The third kappa shape index (κ3) is 29.1. The number of aliphatic hydroxyl groups is 7. The van der Waals surface area contributed by atoms with Gasteiger partial charge >= 0.3 is 7.82 Å². The third-order valence-corrected chi connectivity index (χ3v) is 12.7. The third-order valence-electron chi connectivity index (χ3n) is 11.7. The van der Waals surface area contributed by atoms with Crippen molar-refractivity contribution in [3.63, 3.8) is 0 Å². The monoisotopic (exact) mass is 904 g/mol. The smallest absolute Gasteiger partial charge is 0.393 e. The molecule has 0 spiro atoms. The Labute approximate surface area is 375 Å². The van der Waals surface area contributed by atoms with Gasteiger partial charge in [0.2, 0.25) is 5.91 Å². The van der Waals surface area contributed by atoms with Gasteiger partial charge in [0.05, 0.1) is 31.3 Å². The molecule has 0 heterocycles. The summed E-state index contributed by atoms with van der Waals surface area (Å²) in [5, 5.41) is 74.5. The highest BCUT2D eigenvalue weighted by Crippen LogP contribution is 2.47. The van der Waals surface area contributed by atoms with Crippen molar-refractivity contribution in [1.29, 1.82) is 0 Å². The SMILES string of the molecule is CCCCCCCCCC/C=C\CCCCCCCC(O)CC(=O)NC(COP(=O)(O)OC1C(O)C(O)C(O)C(O)C1O)C(O)/C=C/CC/C=C/CCCCCCCCCCC. The number of unbranched alkanes of at least 4 members (excludes halogenated alkanes) is 23. The molecule has 0 aromatic carbocycles. The zero-order valence-electron chi connectivity index (χ0n) is 38.5. The average Bonchev–Trinajstić information content (AvgIpc) is 3.24. The Balaban J connectivity index is 2.55. The summed E-state index contributed by atoms with van der Waals surface area (Å²) in [5.74, 6) is -0.608. The Morgan fingerprint density at radius 1 is 0.565 bits per heavy atom. The van der Waals surface area contributed by atoms with Crippen LogP contribution in [-0.4, -0.2) is 108 Å². The van der Waals surface area contributed by atoms with E-state index in [0.717, 1.165) is 64.2 Å². The molecule has 0 saturated heterocycles. The van der Waals surface area contributed by atoms with Crippen molar-refractivity contribution in [3.05, 3.63) is 36.5 Å². The standard InChI is InChI=1S/C48H90NO12P/c1-3-5-7-9-11-13-15-17-19-20-22-23-25-27-29-31-33-35-39(50)37-42(52)49-40(38-60-62(58,59)61-48-46(56)44(54)43(53)45(55)47(48)57)41(51)36-34-32-30-28-26-24-21-18-16-14-12-10-8-6-4-2/h20,22,26,28,34,36,39-41,43-48,50-51,53-57H,3-19,21,23-25,27,29-33,35,37-38H2,1-2H3,(H,49,52)(H,58,59)/b22-20-,28-26+,36-34+. The van der Waals surface area contributed by atoms with Crippen molar-refractivity contribution in [1.82, 2.24) is 5.32 Å². The van der Waals surface area contributed by atoms with Crippen LogP contribution in [0.3, 0.4) is 0 Å². The lowest BCUT2D eigenvalue weighted by Gasteiger charge is -2.41. The topological polar surface area (TPSA) is 226 Å². The second-order valence-corrected chi connectivity index (χ2v) is 18.9. The largest absolute Gasteiger partial charge is 0.472 e. The number of aliphatic hydroxyl groups excluding tert-OH is 7. The number of carbonyl (C=O) groups is 1. The van der Waals surface area contributed by atoms with Gasteiger partial charge < -0.3 is 46.0 Å². The molecular formula is C48H90NO12P. The zero-order valence-corrected chi connectivity index (χ0v) is 39.4. The van der Waals surface area contributed by atoms with Crippen LogP contribution >= 0.6 is 7.82 Å². The molecule has 0 radical (unpaired) electrons. The van der Waals surface area contributed by atoms with Gasteiger partial charge in [-0.3, -0.25) is 13.8 Å². The molecule has 0 aliphatic heterocycles. The summed E-state index contributed by atoms with van der Waals surface area (Å²) in [4.78, 5) is 23.5. The summed E-state index contributed by atoms with van der Waals surface area (Å²) in [5.41, 5.74) is 0. The van der Waals surface area contributed by atoms with Gasteiger partial charge in [0.25, 0.3) is 0 Å². The predicted octanol–water partition coefficient (Wildman–Crippen LogP) is 8.53. The zero-order chi connectivity index (χ0) is 45.9. The van der Waals surface area contributed by atoms with E-state index in [-0.39, 0.29) is 6.42 Å². The van der Waals surface area contributed by atoms with Crippen molar-refractivity contribution in [2.45, 2.75) is 255 Å². The van der Waals surface area contributed by atoms with E-state index in [9.17, 15) is 50.0 Å². The fraction of sp³-hybridized carbons (Fsp3) is 0.854. The minimum atomic E-state index is -5.15. The van der Waals surface area contributed by atoms with Crippen molar-refractivity contribution in [2.24, 2.45) is 0 Å². The maximum atomic E-state index is 13.0. The molecule has 8 atom stereocenters. The first-order chi connectivity index (χ1) is 29.8. The van der Waals surface area contributed by atoms with Crippen LogP contribution in [0.1, 0.15) is 200 Å². The van der Waals surface area contributed by atoms with Crippen molar-refractivity contribution < 1.29 is 59.0 Å². The van der Waals surface area contributed by atoms with E-state index in [2.05, 4.69) is 43.5 Å². The first-order valence-electron chi connectivity index (χ1n) is 24.5. The molecule has 1 aliphatic rings. The van der Waals surface area contributed by atoms with E-state index >= 15 is 0 Å². The Morgan fingerprint density at radius 2 is 0.952 bits per heavy atom. The maximum Gasteiger partial charge on any atom is 0.472 e. The number of carbonyl (C=O) groups excluding carboxylic acids is 1. The van der Waals surface area contributed by atoms with Gasteiger partial charge in [-0.15, -0.1) is 0 Å². The van der Waals surface area contributed by atoms with Crippen molar-refractivity contribution in [3.8, 4) is 0 Å². The summed E-state index contributed by atoms with van der Waals surface area (Å²) in [7, 11) is -5.15. The van der Waals surface area contributed by atoms with Crippen molar-refractivity contribution in [2.75, 3.05) is 6.61 Å². The number of hydrogen-bond acceptors (Lipinski definition) is 11. The fourth-order valence-corrected chi connectivity index (χ4v) is 8.63. The van der Waals surface area contributed by atoms with Gasteiger partial charge in [-0.2, -0.15) is 0 Å². The summed E-state index contributed by atoms with van der Waals surface area (Å²) in [6, 6.07) is -1.26. The van der Waals surface area contributed by atoms with Crippen molar-refractivity contribution >= 4 is 13.7 Å². The second-order valence-electron chi connectivity index (χ2n) is 17.5.